The van der Waals surface area contributed by atoms with Gasteiger partial charge in [0, 0.05) is 18.3 Å². The van der Waals surface area contributed by atoms with Crippen molar-refractivity contribution >= 4 is 27.3 Å². The zero-order valence-electron chi connectivity index (χ0n) is 16.2. The van der Waals surface area contributed by atoms with Crippen LogP contribution < -0.4 is 19.1 Å². The van der Waals surface area contributed by atoms with E-state index in [1.165, 1.54) is 11.4 Å². The second-order valence-electron chi connectivity index (χ2n) is 6.44. The summed E-state index contributed by atoms with van der Waals surface area (Å²) in [7, 11) is -0.273. The minimum atomic E-state index is -3.31. The van der Waals surface area contributed by atoms with Crippen LogP contribution in [0.5, 0.6) is 11.5 Å². The maximum Gasteiger partial charge on any atom is 0.259 e. The van der Waals surface area contributed by atoms with E-state index in [2.05, 4.69) is 5.32 Å². The average molecular weight is 404 g/mol. The van der Waals surface area contributed by atoms with Crippen LogP contribution in [0.25, 0.3) is 0 Å². The number of sulfonamides is 1. The summed E-state index contributed by atoms with van der Waals surface area (Å²) in [6.07, 6.45) is 1.51. The molecule has 0 saturated heterocycles. The average Bonchev–Trinajstić information content (AvgIpc) is 2.72. The van der Waals surface area contributed by atoms with E-state index in [0.29, 0.717) is 35.0 Å². The van der Waals surface area contributed by atoms with E-state index in [1.54, 1.807) is 44.4 Å². The molecule has 0 unspecified atom stereocenters. The number of fused-ring (bicyclic) bond motifs is 1. The van der Waals surface area contributed by atoms with Gasteiger partial charge in [-0.2, -0.15) is 0 Å². The first-order valence-electron chi connectivity index (χ1n) is 9.06. The van der Waals surface area contributed by atoms with Gasteiger partial charge in [0.05, 0.1) is 31.2 Å². The highest BCUT2D eigenvalue weighted by Gasteiger charge is 2.26. The Hall–Kier alpha value is -2.74. The van der Waals surface area contributed by atoms with Crippen LogP contribution in [0, 0.1) is 0 Å². The van der Waals surface area contributed by atoms with Crippen molar-refractivity contribution in [3.63, 3.8) is 0 Å². The summed E-state index contributed by atoms with van der Waals surface area (Å²) in [5.74, 6) is 0.755. The number of benzene rings is 2. The van der Waals surface area contributed by atoms with Crippen LogP contribution >= 0.6 is 0 Å². The number of carbonyl (C=O) groups excluding carboxylic acids is 1. The van der Waals surface area contributed by atoms with Gasteiger partial charge in [0.2, 0.25) is 10.0 Å². The molecule has 0 atom stereocenters. The third-order valence-electron chi connectivity index (χ3n) is 4.77. The molecular weight excluding hydrogens is 380 g/mol. The first-order chi connectivity index (χ1) is 13.4. The lowest BCUT2D eigenvalue weighted by atomic mass is 10.0. The number of ether oxygens (including phenoxy) is 2. The maximum absolute atomic E-state index is 12.7. The predicted octanol–water partition coefficient (Wildman–Crippen LogP) is 3.06. The van der Waals surface area contributed by atoms with Gasteiger partial charge < -0.3 is 14.8 Å². The van der Waals surface area contributed by atoms with Gasteiger partial charge in [0.1, 0.15) is 11.5 Å². The third-order valence-corrected chi connectivity index (χ3v) is 6.55. The van der Waals surface area contributed by atoms with E-state index < -0.39 is 10.0 Å². The molecular formula is C20H24N2O5S. The lowest BCUT2D eigenvalue weighted by Gasteiger charge is -2.30. The smallest absolute Gasteiger partial charge is 0.259 e. The van der Waals surface area contributed by atoms with E-state index in [9.17, 15) is 13.2 Å². The largest absolute Gasteiger partial charge is 0.497 e. The lowest BCUT2D eigenvalue weighted by Crippen LogP contribution is -2.36. The van der Waals surface area contributed by atoms with Gasteiger partial charge in [-0.05, 0) is 55.7 Å². The monoisotopic (exact) mass is 404 g/mol. The fraction of sp³-hybridized carbons (Fsp3) is 0.350. The quantitative estimate of drug-likeness (QED) is 0.800. The van der Waals surface area contributed by atoms with Crippen LogP contribution in [0.3, 0.4) is 0 Å². The van der Waals surface area contributed by atoms with Crippen molar-refractivity contribution in [2.75, 3.05) is 36.1 Å². The van der Waals surface area contributed by atoms with Crippen molar-refractivity contribution in [2.45, 2.75) is 19.8 Å². The first kappa shape index (κ1) is 20.0. The van der Waals surface area contributed by atoms with Crippen LogP contribution in [0.1, 0.15) is 29.3 Å². The van der Waals surface area contributed by atoms with Crippen molar-refractivity contribution in [1.82, 2.24) is 0 Å². The van der Waals surface area contributed by atoms with Crippen molar-refractivity contribution in [3.8, 4) is 11.5 Å². The van der Waals surface area contributed by atoms with Gasteiger partial charge in [-0.3, -0.25) is 9.10 Å². The fourth-order valence-electron chi connectivity index (χ4n) is 3.27. The number of hydrogen-bond donors (Lipinski definition) is 1. The predicted molar refractivity (Wildman–Crippen MR) is 109 cm³/mol. The van der Waals surface area contributed by atoms with Gasteiger partial charge in [0.25, 0.3) is 5.91 Å². The molecule has 1 aliphatic heterocycles. The van der Waals surface area contributed by atoms with E-state index in [4.69, 9.17) is 9.47 Å². The third kappa shape index (κ3) is 3.91. The number of aryl methyl sites for hydroxylation is 1. The zero-order valence-corrected chi connectivity index (χ0v) is 17.0. The van der Waals surface area contributed by atoms with Gasteiger partial charge >= 0.3 is 0 Å². The fourth-order valence-corrected chi connectivity index (χ4v) is 4.47. The molecule has 2 aromatic rings. The molecule has 0 saturated carbocycles. The molecule has 1 heterocycles. The van der Waals surface area contributed by atoms with Crippen molar-refractivity contribution < 1.29 is 22.7 Å². The Labute approximate surface area is 165 Å². The molecule has 3 rings (SSSR count). The Morgan fingerprint density at radius 2 is 1.93 bits per heavy atom. The van der Waals surface area contributed by atoms with Gasteiger partial charge in [-0.1, -0.05) is 0 Å². The Morgan fingerprint density at radius 3 is 2.61 bits per heavy atom. The molecule has 1 aliphatic rings. The minimum Gasteiger partial charge on any atom is -0.497 e. The summed E-state index contributed by atoms with van der Waals surface area (Å²) in [4.78, 5) is 12.7. The molecule has 2 aromatic carbocycles. The van der Waals surface area contributed by atoms with E-state index in [1.807, 2.05) is 6.07 Å². The summed E-state index contributed by atoms with van der Waals surface area (Å²) >= 11 is 0. The van der Waals surface area contributed by atoms with Crippen LogP contribution in [0.15, 0.2) is 36.4 Å². The Bertz CT molecular complexity index is 988. The number of nitrogens with zero attached hydrogens (tertiary/aromatic N) is 1. The number of anilines is 2. The molecule has 7 nitrogen and oxygen atoms in total. The number of nitrogens with one attached hydrogen (secondary N) is 1. The van der Waals surface area contributed by atoms with Crippen LogP contribution in [-0.4, -0.2) is 40.8 Å². The van der Waals surface area contributed by atoms with E-state index >= 15 is 0 Å². The summed E-state index contributed by atoms with van der Waals surface area (Å²) < 4.78 is 36.5. The van der Waals surface area contributed by atoms with Crippen LogP contribution in [-0.2, 0) is 16.4 Å². The summed E-state index contributed by atoms with van der Waals surface area (Å²) in [6.45, 7) is 2.12. The molecule has 0 spiro atoms. The second kappa shape index (κ2) is 8.10. The van der Waals surface area contributed by atoms with Gasteiger partial charge in [0.15, 0.2) is 0 Å². The molecule has 0 bridgehead atoms. The SMILES string of the molecule is CCS(=O)(=O)N1CCCc2cc(NC(=O)c3ccc(OC)cc3OC)ccc21. The normalized spacial score (nSPS) is 13.6. The highest BCUT2D eigenvalue weighted by molar-refractivity contribution is 7.92. The number of methoxy groups -OCH3 is 2. The lowest BCUT2D eigenvalue weighted by molar-refractivity contribution is 0.102. The number of rotatable bonds is 6. The highest BCUT2D eigenvalue weighted by Crippen LogP contribution is 2.32. The van der Waals surface area contributed by atoms with E-state index in [0.717, 1.165) is 18.4 Å². The van der Waals surface area contributed by atoms with Crippen molar-refractivity contribution in [3.05, 3.63) is 47.5 Å². The van der Waals surface area contributed by atoms with Gasteiger partial charge in [-0.25, -0.2) is 8.42 Å². The van der Waals surface area contributed by atoms with Gasteiger partial charge in [-0.15, -0.1) is 0 Å². The molecule has 0 aromatic heterocycles. The molecule has 0 aliphatic carbocycles. The molecule has 0 radical (unpaired) electrons. The first-order valence-corrected chi connectivity index (χ1v) is 10.7. The second-order valence-corrected chi connectivity index (χ2v) is 8.62. The maximum atomic E-state index is 12.7. The minimum absolute atomic E-state index is 0.0577. The Balaban J connectivity index is 1.86. The number of carbonyl (C=O) groups is 1. The summed E-state index contributed by atoms with van der Waals surface area (Å²) in [5.41, 5.74) is 2.59. The topological polar surface area (TPSA) is 84.9 Å². The molecule has 1 N–H and O–H groups in total. The Kier molecular flexibility index (Phi) is 5.79. The summed E-state index contributed by atoms with van der Waals surface area (Å²) in [5, 5.41) is 2.86. The molecule has 1 amide bonds. The van der Waals surface area contributed by atoms with Crippen molar-refractivity contribution in [1.29, 1.82) is 0 Å². The number of amides is 1. The molecule has 150 valence electrons. The molecule has 0 fully saturated rings. The standard InChI is InChI=1S/C20H24N2O5S/c1-4-28(24,25)22-11-5-6-14-12-15(7-10-18(14)22)21-20(23)17-9-8-16(26-2)13-19(17)27-3/h7-10,12-13H,4-6,11H2,1-3H3,(H,21,23). The highest BCUT2D eigenvalue weighted by atomic mass is 32.2. The summed E-state index contributed by atoms with van der Waals surface area (Å²) in [6, 6.07) is 10.3. The van der Waals surface area contributed by atoms with Crippen LogP contribution in [0.4, 0.5) is 11.4 Å². The number of hydrogen-bond acceptors (Lipinski definition) is 5. The van der Waals surface area contributed by atoms with Crippen molar-refractivity contribution in [2.24, 2.45) is 0 Å². The molecule has 8 heteroatoms. The molecule has 28 heavy (non-hydrogen) atoms. The van der Waals surface area contributed by atoms with Crippen LogP contribution in [0.2, 0.25) is 0 Å². The Morgan fingerprint density at radius 1 is 1.14 bits per heavy atom. The zero-order chi connectivity index (χ0) is 20.3. The van der Waals surface area contributed by atoms with E-state index in [-0.39, 0.29) is 11.7 Å².